The van der Waals surface area contributed by atoms with Gasteiger partial charge in [0.25, 0.3) is 5.91 Å². The molecule has 0 aromatic carbocycles. The van der Waals surface area contributed by atoms with Crippen molar-refractivity contribution in [3.63, 3.8) is 0 Å². The molecule has 2 aromatic rings. The first-order chi connectivity index (χ1) is 12.0. The number of amides is 1. The summed E-state index contributed by atoms with van der Waals surface area (Å²) in [6.45, 7) is 6.43. The van der Waals surface area contributed by atoms with E-state index in [1.807, 2.05) is 12.3 Å². The fourth-order valence-corrected chi connectivity index (χ4v) is 2.92. The topological polar surface area (TPSA) is 76.1 Å². The van der Waals surface area contributed by atoms with Crippen LogP contribution >= 0.6 is 11.5 Å². The number of carbonyl (C=O) groups excluding carboxylic acids is 1. The number of carbonyl (C=O) groups is 1. The summed E-state index contributed by atoms with van der Waals surface area (Å²) in [6.07, 6.45) is 4.92. The zero-order chi connectivity index (χ0) is 18.2. The fraction of sp³-hybridized carbons (Fsp3) is 0.500. The van der Waals surface area contributed by atoms with Crippen molar-refractivity contribution in [3.8, 4) is 5.75 Å². The highest BCUT2D eigenvalue weighted by atomic mass is 32.1. The maximum absolute atomic E-state index is 12.6. The third kappa shape index (κ3) is 6.01. The van der Waals surface area contributed by atoms with Gasteiger partial charge >= 0.3 is 0 Å². The number of aromatic nitrogens is 2. The number of ether oxygens (including phenoxy) is 1. The van der Waals surface area contributed by atoms with Crippen LogP contribution in [-0.4, -0.2) is 28.4 Å². The Balaban J connectivity index is 2.03. The molecule has 0 saturated heterocycles. The molecule has 6 nitrogen and oxygen atoms in total. The van der Waals surface area contributed by atoms with E-state index in [-0.39, 0.29) is 17.6 Å². The second-order valence-electron chi connectivity index (χ2n) is 6.48. The first-order valence-corrected chi connectivity index (χ1v) is 9.35. The standard InChI is InChI=1S/C18H26N4O2S/c1-12(2)6-5-7-13(3)20-18(23)17-15(24-4)8-9-16(22-17)21-14-10-19-25-11-14/h8-13H,5-7H2,1-4H3,(H,20,23)(H,21,22). The molecular formula is C18H26N4O2S. The van der Waals surface area contributed by atoms with Crippen LogP contribution in [0, 0.1) is 5.92 Å². The highest BCUT2D eigenvalue weighted by Crippen LogP contribution is 2.22. The number of pyridine rings is 1. The van der Waals surface area contributed by atoms with E-state index in [0.29, 0.717) is 17.5 Å². The van der Waals surface area contributed by atoms with E-state index in [1.165, 1.54) is 18.6 Å². The van der Waals surface area contributed by atoms with Gasteiger partial charge in [0.05, 0.1) is 19.0 Å². The van der Waals surface area contributed by atoms with E-state index in [2.05, 4.69) is 33.8 Å². The number of anilines is 2. The van der Waals surface area contributed by atoms with E-state index in [0.717, 1.165) is 24.9 Å². The SMILES string of the molecule is COc1ccc(Nc2cnsc2)nc1C(=O)NC(C)CCCC(C)C. The van der Waals surface area contributed by atoms with Gasteiger partial charge in [0.15, 0.2) is 5.69 Å². The lowest BCUT2D eigenvalue weighted by atomic mass is 10.0. The Morgan fingerprint density at radius 3 is 2.72 bits per heavy atom. The van der Waals surface area contributed by atoms with Crippen molar-refractivity contribution in [2.75, 3.05) is 12.4 Å². The van der Waals surface area contributed by atoms with Crippen LogP contribution in [0.4, 0.5) is 11.5 Å². The molecule has 2 rings (SSSR count). The van der Waals surface area contributed by atoms with Gasteiger partial charge in [0.1, 0.15) is 11.6 Å². The summed E-state index contributed by atoms with van der Waals surface area (Å²) in [5.74, 6) is 1.50. The number of methoxy groups -OCH3 is 1. The normalized spacial score (nSPS) is 12.0. The smallest absolute Gasteiger partial charge is 0.274 e. The van der Waals surface area contributed by atoms with Crippen molar-refractivity contribution in [1.29, 1.82) is 0 Å². The van der Waals surface area contributed by atoms with Crippen molar-refractivity contribution in [2.24, 2.45) is 5.92 Å². The lowest BCUT2D eigenvalue weighted by molar-refractivity contribution is 0.0929. The van der Waals surface area contributed by atoms with Gasteiger partial charge in [-0.15, -0.1) is 0 Å². The molecule has 0 fully saturated rings. The second-order valence-corrected chi connectivity index (χ2v) is 7.14. The molecule has 136 valence electrons. The number of nitrogens with one attached hydrogen (secondary N) is 2. The first-order valence-electron chi connectivity index (χ1n) is 8.52. The van der Waals surface area contributed by atoms with Crippen molar-refractivity contribution in [1.82, 2.24) is 14.7 Å². The van der Waals surface area contributed by atoms with Gasteiger partial charge in [-0.2, -0.15) is 4.37 Å². The van der Waals surface area contributed by atoms with Gasteiger partial charge in [-0.05, 0) is 42.9 Å². The Morgan fingerprint density at radius 1 is 1.28 bits per heavy atom. The zero-order valence-electron chi connectivity index (χ0n) is 15.2. The molecule has 0 saturated carbocycles. The molecule has 2 heterocycles. The third-order valence-corrected chi connectivity index (χ3v) is 4.38. The minimum atomic E-state index is -0.221. The Labute approximate surface area is 153 Å². The molecule has 1 atom stereocenters. The van der Waals surface area contributed by atoms with E-state index < -0.39 is 0 Å². The Morgan fingerprint density at radius 2 is 2.08 bits per heavy atom. The molecule has 1 amide bonds. The van der Waals surface area contributed by atoms with Crippen LogP contribution in [-0.2, 0) is 0 Å². The molecule has 25 heavy (non-hydrogen) atoms. The van der Waals surface area contributed by atoms with Gasteiger partial charge in [0, 0.05) is 11.4 Å². The lowest BCUT2D eigenvalue weighted by Gasteiger charge is -2.16. The van der Waals surface area contributed by atoms with Crippen molar-refractivity contribution in [3.05, 3.63) is 29.4 Å². The largest absolute Gasteiger partial charge is 0.494 e. The van der Waals surface area contributed by atoms with Crippen molar-refractivity contribution >= 4 is 28.9 Å². The second kappa shape index (κ2) is 9.36. The fourth-order valence-electron chi connectivity index (χ4n) is 2.45. The maximum atomic E-state index is 12.6. The molecule has 0 radical (unpaired) electrons. The Hall–Kier alpha value is -2.15. The molecule has 0 aliphatic rings. The predicted octanol–water partition coefficient (Wildman–Crippen LogP) is 4.23. The zero-order valence-corrected chi connectivity index (χ0v) is 16.0. The molecule has 0 aliphatic heterocycles. The summed E-state index contributed by atoms with van der Waals surface area (Å²) in [5, 5.41) is 8.02. The molecule has 0 aliphatic carbocycles. The minimum absolute atomic E-state index is 0.0930. The Bertz CT molecular complexity index is 674. The van der Waals surface area contributed by atoms with E-state index in [4.69, 9.17) is 4.74 Å². The summed E-state index contributed by atoms with van der Waals surface area (Å²) in [6, 6.07) is 3.61. The van der Waals surface area contributed by atoms with E-state index in [1.54, 1.807) is 18.3 Å². The number of nitrogens with zero attached hydrogens (tertiary/aromatic N) is 2. The van der Waals surface area contributed by atoms with Crippen LogP contribution in [0.3, 0.4) is 0 Å². The number of hydrogen-bond donors (Lipinski definition) is 2. The van der Waals surface area contributed by atoms with Gasteiger partial charge in [-0.3, -0.25) is 4.79 Å². The summed E-state index contributed by atoms with van der Waals surface area (Å²) in [4.78, 5) is 17.0. The van der Waals surface area contributed by atoms with Gasteiger partial charge < -0.3 is 15.4 Å². The molecule has 2 N–H and O–H groups in total. The molecule has 1 unspecified atom stereocenters. The first kappa shape index (κ1) is 19.2. The van der Waals surface area contributed by atoms with Crippen LogP contribution < -0.4 is 15.4 Å². The van der Waals surface area contributed by atoms with Crippen LogP contribution in [0.15, 0.2) is 23.7 Å². The van der Waals surface area contributed by atoms with Crippen molar-refractivity contribution < 1.29 is 9.53 Å². The summed E-state index contributed by atoms with van der Waals surface area (Å²) in [5.41, 5.74) is 1.13. The highest BCUT2D eigenvalue weighted by molar-refractivity contribution is 7.04. The summed E-state index contributed by atoms with van der Waals surface area (Å²) < 4.78 is 9.33. The molecule has 0 bridgehead atoms. The van der Waals surface area contributed by atoms with E-state index >= 15 is 0 Å². The van der Waals surface area contributed by atoms with Crippen molar-refractivity contribution in [2.45, 2.75) is 46.1 Å². The number of rotatable bonds is 9. The van der Waals surface area contributed by atoms with Crippen LogP contribution in [0.2, 0.25) is 0 Å². The lowest BCUT2D eigenvalue weighted by Crippen LogP contribution is -2.33. The van der Waals surface area contributed by atoms with Gasteiger partial charge in [0.2, 0.25) is 0 Å². The molecule has 7 heteroatoms. The average molecular weight is 362 g/mol. The molecule has 0 spiro atoms. The summed E-state index contributed by atoms with van der Waals surface area (Å²) in [7, 11) is 1.54. The maximum Gasteiger partial charge on any atom is 0.274 e. The van der Waals surface area contributed by atoms with E-state index in [9.17, 15) is 4.79 Å². The molecular weight excluding hydrogens is 336 g/mol. The highest BCUT2D eigenvalue weighted by Gasteiger charge is 2.17. The number of hydrogen-bond acceptors (Lipinski definition) is 6. The third-order valence-electron chi connectivity index (χ3n) is 3.79. The van der Waals surface area contributed by atoms with Crippen LogP contribution in [0.25, 0.3) is 0 Å². The van der Waals surface area contributed by atoms with Crippen LogP contribution in [0.5, 0.6) is 5.75 Å². The Kier molecular flexibility index (Phi) is 7.18. The minimum Gasteiger partial charge on any atom is -0.494 e. The summed E-state index contributed by atoms with van der Waals surface area (Å²) >= 11 is 1.35. The quantitative estimate of drug-likeness (QED) is 0.698. The predicted molar refractivity (Wildman–Crippen MR) is 102 cm³/mol. The van der Waals surface area contributed by atoms with Gasteiger partial charge in [-0.25, -0.2) is 4.98 Å². The average Bonchev–Trinajstić information content (AvgIpc) is 3.07. The monoisotopic (exact) mass is 362 g/mol. The molecule has 2 aromatic heterocycles. The van der Waals surface area contributed by atoms with Gasteiger partial charge in [-0.1, -0.05) is 26.7 Å². The van der Waals surface area contributed by atoms with Crippen LogP contribution in [0.1, 0.15) is 50.5 Å².